The third kappa shape index (κ3) is 2.79. The van der Waals surface area contributed by atoms with E-state index in [0.717, 1.165) is 17.7 Å². The number of halogens is 1. The molecule has 0 bridgehead atoms. The van der Waals surface area contributed by atoms with Crippen LogP contribution < -0.4 is 4.74 Å². The molecule has 0 aliphatic rings. The molecule has 0 unspecified atom stereocenters. The van der Waals surface area contributed by atoms with Crippen LogP contribution in [0.15, 0.2) is 42.7 Å². The SMILES string of the molecule is O=[N+]([O-])c1cc(F)ccc1OCc1ccncc1. The van der Waals surface area contributed by atoms with Crippen molar-refractivity contribution in [3.05, 3.63) is 64.2 Å². The van der Waals surface area contributed by atoms with Gasteiger partial charge in [-0.1, -0.05) is 0 Å². The van der Waals surface area contributed by atoms with Gasteiger partial charge in [-0.2, -0.15) is 0 Å². The van der Waals surface area contributed by atoms with Crippen LogP contribution in [-0.2, 0) is 6.61 Å². The van der Waals surface area contributed by atoms with Crippen LogP contribution in [0.25, 0.3) is 0 Å². The second-order valence-corrected chi connectivity index (χ2v) is 3.51. The van der Waals surface area contributed by atoms with Gasteiger partial charge in [-0.15, -0.1) is 0 Å². The molecule has 0 amide bonds. The molecule has 1 aromatic carbocycles. The van der Waals surface area contributed by atoms with Gasteiger partial charge in [-0.25, -0.2) is 4.39 Å². The van der Waals surface area contributed by atoms with Crippen molar-refractivity contribution in [2.45, 2.75) is 6.61 Å². The fourth-order valence-corrected chi connectivity index (χ4v) is 1.40. The lowest BCUT2D eigenvalue weighted by Gasteiger charge is -2.06. The van der Waals surface area contributed by atoms with Crippen molar-refractivity contribution in [1.82, 2.24) is 4.98 Å². The standard InChI is InChI=1S/C12H9FN2O3/c13-10-1-2-12(11(7-10)15(16)17)18-8-9-3-5-14-6-4-9/h1-7H,8H2. The number of aromatic nitrogens is 1. The lowest BCUT2D eigenvalue weighted by atomic mass is 10.2. The molecule has 0 saturated carbocycles. The molecule has 0 aliphatic heterocycles. The highest BCUT2D eigenvalue weighted by atomic mass is 19.1. The second-order valence-electron chi connectivity index (χ2n) is 3.51. The Kier molecular flexibility index (Phi) is 3.47. The Hall–Kier alpha value is -2.50. The predicted octanol–water partition coefficient (Wildman–Crippen LogP) is 2.71. The summed E-state index contributed by atoms with van der Waals surface area (Å²) in [7, 11) is 0. The zero-order valence-corrected chi connectivity index (χ0v) is 9.25. The lowest BCUT2D eigenvalue weighted by Crippen LogP contribution is -1.99. The third-order valence-corrected chi connectivity index (χ3v) is 2.26. The van der Waals surface area contributed by atoms with Crippen molar-refractivity contribution in [3.8, 4) is 5.75 Å². The maximum absolute atomic E-state index is 12.9. The second kappa shape index (κ2) is 5.22. The predicted molar refractivity (Wildman–Crippen MR) is 61.6 cm³/mol. The zero-order chi connectivity index (χ0) is 13.0. The first kappa shape index (κ1) is 12.0. The van der Waals surface area contributed by atoms with Gasteiger partial charge in [0.15, 0.2) is 5.75 Å². The molecule has 0 saturated heterocycles. The molecule has 2 rings (SSSR count). The molecule has 0 atom stereocenters. The highest BCUT2D eigenvalue weighted by molar-refractivity contribution is 5.46. The van der Waals surface area contributed by atoms with Crippen molar-refractivity contribution < 1.29 is 14.1 Å². The number of rotatable bonds is 4. The summed E-state index contributed by atoms with van der Waals surface area (Å²) in [5.74, 6) is -0.629. The molecular weight excluding hydrogens is 239 g/mol. The fourth-order valence-electron chi connectivity index (χ4n) is 1.40. The summed E-state index contributed by atoms with van der Waals surface area (Å²) in [5.41, 5.74) is 0.438. The Bertz CT molecular complexity index is 561. The molecule has 18 heavy (non-hydrogen) atoms. The largest absolute Gasteiger partial charge is 0.482 e. The Morgan fingerprint density at radius 1 is 1.28 bits per heavy atom. The Morgan fingerprint density at radius 2 is 2.00 bits per heavy atom. The smallest absolute Gasteiger partial charge is 0.313 e. The van der Waals surface area contributed by atoms with E-state index in [0.29, 0.717) is 0 Å². The molecular formula is C12H9FN2O3. The van der Waals surface area contributed by atoms with Gasteiger partial charge in [0.25, 0.3) is 0 Å². The number of nitro groups is 1. The minimum atomic E-state index is -0.676. The molecule has 0 aliphatic carbocycles. The molecule has 1 heterocycles. The van der Waals surface area contributed by atoms with Crippen molar-refractivity contribution in [2.24, 2.45) is 0 Å². The van der Waals surface area contributed by atoms with Crippen LogP contribution in [0, 0.1) is 15.9 Å². The molecule has 0 N–H and O–H groups in total. The molecule has 2 aromatic rings. The van der Waals surface area contributed by atoms with Crippen LogP contribution in [0.4, 0.5) is 10.1 Å². The average Bonchev–Trinajstić information content (AvgIpc) is 2.38. The van der Waals surface area contributed by atoms with Gasteiger partial charge in [0, 0.05) is 12.4 Å². The number of hydrogen-bond acceptors (Lipinski definition) is 4. The van der Waals surface area contributed by atoms with Gasteiger partial charge < -0.3 is 4.74 Å². The summed E-state index contributed by atoms with van der Waals surface area (Å²) in [6.07, 6.45) is 3.19. The molecule has 1 aromatic heterocycles. The number of ether oxygens (including phenoxy) is 1. The van der Waals surface area contributed by atoms with Crippen LogP contribution in [0.2, 0.25) is 0 Å². The first-order valence-electron chi connectivity index (χ1n) is 5.12. The van der Waals surface area contributed by atoms with Crippen LogP contribution in [0.1, 0.15) is 5.56 Å². The maximum Gasteiger partial charge on any atom is 0.313 e. The van der Waals surface area contributed by atoms with E-state index in [1.807, 2.05) is 0 Å². The van der Waals surface area contributed by atoms with E-state index in [1.165, 1.54) is 6.07 Å². The van der Waals surface area contributed by atoms with Crippen molar-refractivity contribution in [1.29, 1.82) is 0 Å². The highest BCUT2D eigenvalue weighted by Crippen LogP contribution is 2.28. The molecule has 0 spiro atoms. The van der Waals surface area contributed by atoms with E-state index in [1.54, 1.807) is 24.5 Å². The van der Waals surface area contributed by atoms with E-state index in [9.17, 15) is 14.5 Å². The summed E-state index contributed by atoms with van der Waals surface area (Å²) in [5, 5.41) is 10.7. The number of nitro benzene ring substituents is 1. The molecule has 92 valence electrons. The van der Waals surface area contributed by atoms with E-state index >= 15 is 0 Å². The van der Waals surface area contributed by atoms with E-state index in [-0.39, 0.29) is 18.0 Å². The van der Waals surface area contributed by atoms with Crippen molar-refractivity contribution >= 4 is 5.69 Å². The Labute approximate surface area is 102 Å². The summed E-state index contributed by atoms with van der Waals surface area (Å²) < 4.78 is 18.2. The van der Waals surface area contributed by atoms with Crippen LogP contribution in [0.5, 0.6) is 5.75 Å². The van der Waals surface area contributed by atoms with E-state index < -0.39 is 10.7 Å². The highest BCUT2D eigenvalue weighted by Gasteiger charge is 2.16. The molecule has 5 nitrogen and oxygen atoms in total. The zero-order valence-electron chi connectivity index (χ0n) is 9.25. The number of pyridine rings is 1. The van der Waals surface area contributed by atoms with Crippen LogP contribution in [0.3, 0.4) is 0 Å². The summed E-state index contributed by atoms with van der Waals surface area (Å²) >= 11 is 0. The maximum atomic E-state index is 12.9. The van der Waals surface area contributed by atoms with E-state index in [4.69, 9.17) is 4.74 Å². The van der Waals surface area contributed by atoms with E-state index in [2.05, 4.69) is 4.98 Å². The first-order valence-corrected chi connectivity index (χ1v) is 5.12. The average molecular weight is 248 g/mol. The molecule has 0 radical (unpaired) electrons. The van der Waals surface area contributed by atoms with Gasteiger partial charge in [0.05, 0.1) is 11.0 Å². The van der Waals surface area contributed by atoms with Crippen molar-refractivity contribution in [3.63, 3.8) is 0 Å². The van der Waals surface area contributed by atoms with Crippen LogP contribution >= 0.6 is 0 Å². The quantitative estimate of drug-likeness (QED) is 0.616. The van der Waals surface area contributed by atoms with Gasteiger partial charge in [0.2, 0.25) is 0 Å². The minimum absolute atomic E-state index is 0.0400. The molecule has 6 heteroatoms. The third-order valence-electron chi connectivity index (χ3n) is 2.26. The summed E-state index contributed by atoms with van der Waals surface area (Å²) in [6.45, 7) is 0.162. The van der Waals surface area contributed by atoms with Gasteiger partial charge >= 0.3 is 5.69 Å². The van der Waals surface area contributed by atoms with Gasteiger partial charge in [-0.3, -0.25) is 15.1 Å². The van der Waals surface area contributed by atoms with Crippen molar-refractivity contribution in [2.75, 3.05) is 0 Å². The number of hydrogen-bond donors (Lipinski definition) is 0. The molecule has 0 fully saturated rings. The summed E-state index contributed by atoms with van der Waals surface area (Å²) in [6, 6.07) is 6.66. The first-order chi connectivity index (χ1) is 8.66. The Morgan fingerprint density at radius 3 is 2.67 bits per heavy atom. The van der Waals surface area contributed by atoms with Gasteiger partial charge in [0.1, 0.15) is 12.4 Å². The fraction of sp³-hybridized carbons (Fsp3) is 0.0833. The normalized spacial score (nSPS) is 10.1. The van der Waals surface area contributed by atoms with Crippen LogP contribution in [-0.4, -0.2) is 9.91 Å². The summed E-state index contributed by atoms with van der Waals surface area (Å²) in [4.78, 5) is 13.9. The van der Waals surface area contributed by atoms with Gasteiger partial charge in [-0.05, 0) is 29.8 Å². The monoisotopic (exact) mass is 248 g/mol. The lowest BCUT2D eigenvalue weighted by molar-refractivity contribution is -0.386. The minimum Gasteiger partial charge on any atom is -0.482 e. The number of nitrogens with zero attached hydrogens (tertiary/aromatic N) is 2. The Balaban J connectivity index is 2.17. The number of benzene rings is 1. The topological polar surface area (TPSA) is 65.3 Å².